The van der Waals surface area contributed by atoms with E-state index in [1.165, 1.54) is 0 Å². The van der Waals surface area contributed by atoms with Gasteiger partial charge >= 0.3 is 0 Å². The minimum absolute atomic E-state index is 0.0180. The van der Waals surface area contributed by atoms with Gasteiger partial charge in [0.2, 0.25) is 0 Å². The second-order valence-electron chi connectivity index (χ2n) is 4.91. The Morgan fingerprint density at radius 2 is 2.21 bits per heavy atom. The van der Waals surface area contributed by atoms with E-state index in [9.17, 15) is 4.79 Å². The van der Waals surface area contributed by atoms with E-state index in [0.717, 1.165) is 17.7 Å². The van der Waals surface area contributed by atoms with E-state index in [1.54, 1.807) is 29.0 Å². The second-order valence-corrected chi connectivity index (χ2v) is 4.91. The Kier molecular flexibility index (Phi) is 2.83. The molecular formula is C14H16N4O. The third-order valence-electron chi connectivity index (χ3n) is 3.38. The number of amides is 1. The summed E-state index contributed by atoms with van der Waals surface area (Å²) in [4.78, 5) is 14.3. The fourth-order valence-electron chi connectivity index (χ4n) is 2.51. The number of para-hydroxylation sites is 1. The van der Waals surface area contributed by atoms with Gasteiger partial charge in [0.15, 0.2) is 0 Å². The van der Waals surface area contributed by atoms with Gasteiger partial charge in [0, 0.05) is 31.5 Å². The molecule has 19 heavy (non-hydrogen) atoms. The molecule has 0 bridgehead atoms. The van der Waals surface area contributed by atoms with Gasteiger partial charge in [0.25, 0.3) is 5.91 Å². The normalized spacial score (nSPS) is 18.2. The Hall–Kier alpha value is -2.14. The molecule has 0 radical (unpaired) electrons. The zero-order valence-corrected chi connectivity index (χ0v) is 10.8. The summed E-state index contributed by atoms with van der Waals surface area (Å²) in [6.45, 7) is 0.546. The first kappa shape index (κ1) is 11.9. The van der Waals surface area contributed by atoms with Gasteiger partial charge < -0.3 is 10.6 Å². The summed E-state index contributed by atoms with van der Waals surface area (Å²) in [5.74, 6) is -0.0456. The predicted octanol–water partition coefficient (Wildman–Crippen LogP) is 0.950. The zero-order chi connectivity index (χ0) is 13.4. The summed E-state index contributed by atoms with van der Waals surface area (Å²) in [6.07, 6.45) is 4.13. The largest absolute Gasteiger partial charge is 0.326 e. The number of rotatable bonds is 1. The molecule has 0 saturated carbocycles. The maximum atomic E-state index is 12.5. The van der Waals surface area contributed by atoms with Crippen LogP contribution >= 0.6 is 0 Å². The SMILES string of the molecule is Cn1cc(C(=O)N2CC(N)Cc3ccccc32)cn1. The predicted molar refractivity (Wildman–Crippen MR) is 73.0 cm³/mol. The Morgan fingerprint density at radius 1 is 1.42 bits per heavy atom. The molecule has 1 aliphatic rings. The molecule has 2 aromatic rings. The number of benzene rings is 1. The number of hydrogen-bond donors (Lipinski definition) is 1. The number of aromatic nitrogens is 2. The van der Waals surface area contributed by atoms with Crippen LogP contribution in [0, 0.1) is 0 Å². The van der Waals surface area contributed by atoms with Gasteiger partial charge in [-0.2, -0.15) is 5.10 Å². The molecule has 1 unspecified atom stereocenters. The molecule has 0 fully saturated rings. The smallest absolute Gasteiger partial charge is 0.261 e. The van der Waals surface area contributed by atoms with Crippen LogP contribution in [0.4, 0.5) is 5.69 Å². The molecular weight excluding hydrogens is 240 g/mol. The Labute approximate surface area is 111 Å². The summed E-state index contributed by atoms with van der Waals surface area (Å²) in [5.41, 5.74) is 8.72. The second kappa shape index (κ2) is 4.51. The maximum Gasteiger partial charge on any atom is 0.261 e. The molecule has 5 nitrogen and oxygen atoms in total. The number of fused-ring (bicyclic) bond motifs is 1. The van der Waals surface area contributed by atoms with Crippen molar-refractivity contribution in [2.24, 2.45) is 12.8 Å². The lowest BCUT2D eigenvalue weighted by Crippen LogP contribution is -2.46. The Morgan fingerprint density at radius 3 is 2.95 bits per heavy atom. The van der Waals surface area contributed by atoms with E-state index in [1.807, 2.05) is 24.3 Å². The zero-order valence-electron chi connectivity index (χ0n) is 10.8. The number of hydrogen-bond acceptors (Lipinski definition) is 3. The lowest BCUT2D eigenvalue weighted by atomic mass is 9.98. The van der Waals surface area contributed by atoms with Crippen LogP contribution in [0.5, 0.6) is 0 Å². The molecule has 1 aliphatic heterocycles. The highest BCUT2D eigenvalue weighted by molar-refractivity contribution is 6.06. The van der Waals surface area contributed by atoms with E-state index < -0.39 is 0 Å². The van der Waals surface area contributed by atoms with Crippen molar-refractivity contribution >= 4 is 11.6 Å². The van der Waals surface area contributed by atoms with Crippen molar-refractivity contribution in [2.45, 2.75) is 12.5 Å². The van der Waals surface area contributed by atoms with Gasteiger partial charge in [0.05, 0.1) is 11.8 Å². The molecule has 1 aromatic carbocycles. The number of aryl methyl sites for hydroxylation is 1. The Balaban J connectivity index is 1.99. The van der Waals surface area contributed by atoms with Gasteiger partial charge in [0.1, 0.15) is 0 Å². The number of anilines is 1. The molecule has 3 rings (SSSR count). The minimum atomic E-state index is -0.0456. The van der Waals surface area contributed by atoms with Crippen LogP contribution in [0.1, 0.15) is 15.9 Å². The van der Waals surface area contributed by atoms with Crippen molar-refractivity contribution < 1.29 is 4.79 Å². The van der Waals surface area contributed by atoms with Gasteiger partial charge in [-0.1, -0.05) is 18.2 Å². The first-order valence-electron chi connectivity index (χ1n) is 6.29. The van der Waals surface area contributed by atoms with Crippen LogP contribution in [0.25, 0.3) is 0 Å². The molecule has 1 aromatic heterocycles. The van der Waals surface area contributed by atoms with E-state index in [0.29, 0.717) is 12.1 Å². The van der Waals surface area contributed by atoms with Crippen molar-refractivity contribution in [1.29, 1.82) is 0 Å². The van der Waals surface area contributed by atoms with Crippen LogP contribution in [-0.2, 0) is 13.5 Å². The number of nitrogens with zero attached hydrogens (tertiary/aromatic N) is 3. The minimum Gasteiger partial charge on any atom is -0.326 e. The molecule has 1 atom stereocenters. The van der Waals surface area contributed by atoms with Crippen molar-refractivity contribution in [1.82, 2.24) is 9.78 Å². The summed E-state index contributed by atoms with van der Waals surface area (Å²) in [7, 11) is 1.80. The average Bonchev–Trinajstić information content (AvgIpc) is 2.83. The first-order valence-corrected chi connectivity index (χ1v) is 6.29. The number of carbonyl (C=O) groups is 1. The van der Waals surface area contributed by atoms with Gasteiger partial charge in [-0.3, -0.25) is 9.48 Å². The fraction of sp³-hybridized carbons (Fsp3) is 0.286. The quantitative estimate of drug-likeness (QED) is 0.826. The molecule has 2 heterocycles. The molecule has 2 N–H and O–H groups in total. The topological polar surface area (TPSA) is 64.2 Å². The summed E-state index contributed by atoms with van der Waals surface area (Å²) < 4.78 is 1.63. The molecule has 1 amide bonds. The molecule has 5 heteroatoms. The number of carbonyl (C=O) groups excluding carboxylic acids is 1. The highest BCUT2D eigenvalue weighted by atomic mass is 16.2. The standard InChI is InChI=1S/C14H16N4O/c1-17-8-11(7-16-17)14(19)18-9-12(15)6-10-4-2-3-5-13(10)18/h2-5,7-8,12H,6,9,15H2,1H3. The summed E-state index contributed by atoms with van der Waals surface area (Å²) in [5, 5.41) is 4.05. The third-order valence-corrected chi connectivity index (χ3v) is 3.38. The lowest BCUT2D eigenvalue weighted by molar-refractivity contribution is 0.0983. The Bertz CT molecular complexity index is 619. The van der Waals surface area contributed by atoms with Crippen LogP contribution in [0.3, 0.4) is 0 Å². The molecule has 0 aliphatic carbocycles. The van der Waals surface area contributed by atoms with E-state index in [2.05, 4.69) is 5.10 Å². The van der Waals surface area contributed by atoms with Crippen molar-refractivity contribution in [3.63, 3.8) is 0 Å². The van der Waals surface area contributed by atoms with E-state index >= 15 is 0 Å². The molecule has 0 spiro atoms. The van der Waals surface area contributed by atoms with Crippen LogP contribution in [0.2, 0.25) is 0 Å². The fourth-order valence-corrected chi connectivity index (χ4v) is 2.51. The van der Waals surface area contributed by atoms with Crippen molar-refractivity contribution in [3.05, 3.63) is 47.8 Å². The van der Waals surface area contributed by atoms with Crippen molar-refractivity contribution in [3.8, 4) is 0 Å². The monoisotopic (exact) mass is 256 g/mol. The summed E-state index contributed by atoms with van der Waals surface area (Å²) in [6, 6.07) is 7.89. The van der Waals surface area contributed by atoms with Crippen LogP contribution in [0.15, 0.2) is 36.7 Å². The van der Waals surface area contributed by atoms with E-state index in [4.69, 9.17) is 5.73 Å². The highest BCUT2D eigenvalue weighted by Crippen LogP contribution is 2.27. The van der Waals surface area contributed by atoms with Crippen LogP contribution < -0.4 is 10.6 Å². The molecule has 98 valence electrons. The van der Waals surface area contributed by atoms with Gasteiger partial charge in [-0.25, -0.2) is 0 Å². The lowest BCUT2D eigenvalue weighted by Gasteiger charge is -2.32. The highest BCUT2D eigenvalue weighted by Gasteiger charge is 2.27. The average molecular weight is 256 g/mol. The van der Waals surface area contributed by atoms with E-state index in [-0.39, 0.29) is 11.9 Å². The van der Waals surface area contributed by atoms with Crippen molar-refractivity contribution in [2.75, 3.05) is 11.4 Å². The van der Waals surface area contributed by atoms with Gasteiger partial charge in [-0.05, 0) is 18.1 Å². The third kappa shape index (κ3) is 2.13. The number of nitrogens with two attached hydrogens (primary N) is 1. The molecule has 0 saturated heterocycles. The first-order chi connectivity index (χ1) is 9.15. The maximum absolute atomic E-state index is 12.5. The van der Waals surface area contributed by atoms with Crippen LogP contribution in [-0.4, -0.2) is 28.3 Å². The van der Waals surface area contributed by atoms with Gasteiger partial charge in [-0.15, -0.1) is 0 Å². The summed E-state index contributed by atoms with van der Waals surface area (Å²) >= 11 is 0.